The van der Waals surface area contributed by atoms with Crippen LogP contribution < -0.4 is 5.73 Å². The van der Waals surface area contributed by atoms with Crippen molar-refractivity contribution < 1.29 is 4.74 Å². The second-order valence-corrected chi connectivity index (χ2v) is 2.99. The van der Waals surface area contributed by atoms with Gasteiger partial charge in [-0.15, -0.1) is 0 Å². The second-order valence-electron chi connectivity index (χ2n) is 2.99. The molecule has 0 radical (unpaired) electrons. The van der Waals surface area contributed by atoms with E-state index in [0.717, 1.165) is 19.1 Å². The zero-order valence-corrected chi connectivity index (χ0v) is 6.68. The Morgan fingerprint density at radius 1 is 1.50 bits per heavy atom. The molecule has 0 bridgehead atoms. The lowest BCUT2D eigenvalue weighted by atomic mass is 10.1. The van der Waals surface area contributed by atoms with E-state index in [1.54, 1.807) is 0 Å². The lowest BCUT2D eigenvalue weighted by molar-refractivity contribution is 0.0657. The van der Waals surface area contributed by atoms with E-state index in [-0.39, 0.29) is 0 Å². The smallest absolute Gasteiger partial charge is 0.0578 e. The van der Waals surface area contributed by atoms with Crippen molar-refractivity contribution >= 4 is 0 Å². The predicted molar refractivity (Wildman–Crippen MR) is 41.8 cm³/mol. The van der Waals surface area contributed by atoms with Crippen molar-refractivity contribution in [1.29, 1.82) is 0 Å². The summed E-state index contributed by atoms with van der Waals surface area (Å²) in [6.45, 7) is 3.74. The summed E-state index contributed by atoms with van der Waals surface area (Å²) in [4.78, 5) is 0. The Morgan fingerprint density at radius 2 is 2.30 bits per heavy atom. The third-order valence-corrected chi connectivity index (χ3v) is 2.23. The van der Waals surface area contributed by atoms with E-state index in [1.807, 2.05) is 0 Å². The zero-order chi connectivity index (χ0) is 7.40. The fourth-order valence-electron chi connectivity index (χ4n) is 1.63. The van der Waals surface area contributed by atoms with Gasteiger partial charge in [0, 0.05) is 6.61 Å². The molecule has 1 fully saturated rings. The van der Waals surface area contributed by atoms with Gasteiger partial charge in [-0.25, -0.2) is 0 Å². The van der Waals surface area contributed by atoms with Gasteiger partial charge in [-0.1, -0.05) is 0 Å². The van der Waals surface area contributed by atoms with Crippen LogP contribution in [-0.4, -0.2) is 19.3 Å². The van der Waals surface area contributed by atoms with Crippen molar-refractivity contribution in [2.45, 2.75) is 32.3 Å². The largest absolute Gasteiger partial charge is 0.378 e. The minimum Gasteiger partial charge on any atom is -0.378 e. The molecule has 2 atom stereocenters. The van der Waals surface area contributed by atoms with Crippen molar-refractivity contribution in [2.75, 3.05) is 13.2 Å². The van der Waals surface area contributed by atoms with Gasteiger partial charge in [0.2, 0.25) is 0 Å². The Labute approximate surface area is 62.7 Å². The Balaban J connectivity index is 2.15. The summed E-state index contributed by atoms with van der Waals surface area (Å²) < 4.78 is 5.48. The van der Waals surface area contributed by atoms with Gasteiger partial charge in [0.15, 0.2) is 0 Å². The minimum atomic E-state index is 0.513. The number of rotatable bonds is 3. The van der Waals surface area contributed by atoms with Crippen LogP contribution in [0.2, 0.25) is 0 Å². The number of hydrogen-bond donors (Lipinski definition) is 1. The fraction of sp³-hybridized carbons (Fsp3) is 1.00. The summed E-state index contributed by atoms with van der Waals surface area (Å²) in [6.07, 6.45) is 4.18. The average molecular weight is 143 g/mol. The van der Waals surface area contributed by atoms with Crippen LogP contribution in [0, 0.1) is 5.92 Å². The molecule has 0 aromatic heterocycles. The summed E-state index contributed by atoms with van der Waals surface area (Å²) in [7, 11) is 0. The van der Waals surface area contributed by atoms with Gasteiger partial charge in [-0.2, -0.15) is 0 Å². The van der Waals surface area contributed by atoms with E-state index < -0.39 is 0 Å². The molecule has 0 aromatic rings. The molecule has 60 valence electrons. The number of ether oxygens (including phenoxy) is 1. The molecule has 0 heterocycles. The molecule has 0 spiro atoms. The molecule has 1 aliphatic rings. The highest BCUT2D eigenvalue weighted by Crippen LogP contribution is 2.26. The van der Waals surface area contributed by atoms with Crippen LogP contribution >= 0.6 is 0 Å². The molecular formula is C8H17NO. The van der Waals surface area contributed by atoms with Crippen LogP contribution in [0.1, 0.15) is 26.2 Å². The first-order chi connectivity index (χ1) is 4.86. The van der Waals surface area contributed by atoms with Gasteiger partial charge in [0.05, 0.1) is 6.10 Å². The lowest BCUT2D eigenvalue weighted by Crippen LogP contribution is -2.13. The van der Waals surface area contributed by atoms with Crippen molar-refractivity contribution in [3.05, 3.63) is 0 Å². The molecule has 0 amide bonds. The number of nitrogens with two attached hydrogens (primary N) is 1. The first-order valence-corrected chi connectivity index (χ1v) is 4.18. The third kappa shape index (κ3) is 1.96. The van der Waals surface area contributed by atoms with Crippen molar-refractivity contribution in [2.24, 2.45) is 11.7 Å². The van der Waals surface area contributed by atoms with Gasteiger partial charge >= 0.3 is 0 Å². The summed E-state index contributed by atoms with van der Waals surface area (Å²) >= 11 is 0. The Hall–Kier alpha value is -0.0800. The standard InChI is InChI=1S/C8H17NO/c1-2-10-8-4-3-7(5-8)6-9/h7-8H,2-6,9H2,1H3. The van der Waals surface area contributed by atoms with Gasteiger partial charge in [0.25, 0.3) is 0 Å². The molecule has 1 rings (SSSR count). The van der Waals surface area contributed by atoms with E-state index >= 15 is 0 Å². The summed E-state index contributed by atoms with van der Waals surface area (Å²) in [5.74, 6) is 0.733. The normalized spacial score (nSPS) is 33.0. The molecule has 10 heavy (non-hydrogen) atoms. The molecule has 2 heteroatoms. The van der Waals surface area contributed by atoms with Crippen LogP contribution in [0.4, 0.5) is 0 Å². The molecule has 0 aromatic carbocycles. The molecule has 0 aliphatic heterocycles. The minimum absolute atomic E-state index is 0.513. The maximum Gasteiger partial charge on any atom is 0.0578 e. The van der Waals surface area contributed by atoms with Crippen LogP contribution in [0.3, 0.4) is 0 Å². The maximum atomic E-state index is 5.54. The summed E-state index contributed by atoms with van der Waals surface area (Å²) in [6, 6.07) is 0. The third-order valence-electron chi connectivity index (χ3n) is 2.23. The number of hydrogen-bond acceptors (Lipinski definition) is 2. The molecular weight excluding hydrogens is 126 g/mol. The first-order valence-electron chi connectivity index (χ1n) is 4.18. The van der Waals surface area contributed by atoms with E-state index in [2.05, 4.69) is 6.92 Å². The monoisotopic (exact) mass is 143 g/mol. The van der Waals surface area contributed by atoms with Gasteiger partial charge in [-0.05, 0) is 38.6 Å². The van der Waals surface area contributed by atoms with Gasteiger partial charge in [0.1, 0.15) is 0 Å². The van der Waals surface area contributed by atoms with E-state index in [0.29, 0.717) is 6.10 Å². The van der Waals surface area contributed by atoms with Crippen LogP contribution in [0.25, 0.3) is 0 Å². The highest BCUT2D eigenvalue weighted by molar-refractivity contribution is 4.76. The van der Waals surface area contributed by atoms with Gasteiger partial charge < -0.3 is 10.5 Å². The van der Waals surface area contributed by atoms with Crippen LogP contribution in [0.5, 0.6) is 0 Å². The summed E-state index contributed by atoms with van der Waals surface area (Å²) in [5.41, 5.74) is 5.54. The Kier molecular flexibility index (Phi) is 3.16. The van der Waals surface area contributed by atoms with Gasteiger partial charge in [-0.3, -0.25) is 0 Å². The highest BCUT2D eigenvalue weighted by Gasteiger charge is 2.23. The van der Waals surface area contributed by atoms with E-state index in [4.69, 9.17) is 10.5 Å². The average Bonchev–Trinajstić information content (AvgIpc) is 2.37. The fourth-order valence-corrected chi connectivity index (χ4v) is 1.63. The van der Waals surface area contributed by atoms with Crippen molar-refractivity contribution in [3.8, 4) is 0 Å². The molecule has 2 nitrogen and oxygen atoms in total. The topological polar surface area (TPSA) is 35.2 Å². The molecule has 2 N–H and O–H groups in total. The van der Waals surface area contributed by atoms with E-state index in [9.17, 15) is 0 Å². The Morgan fingerprint density at radius 3 is 2.80 bits per heavy atom. The second kappa shape index (κ2) is 3.94. The predicted octanol–water partition coefficient (Wildman–Crippen LogP) is 1.15. The maximum absolute atomic E-state index is 5.54. The van der Waals surface area contributed by atoms with Crippen LogP contribution in [-0.2, 0) is 4.74 Å². The molecule has 0 saturated heterocycles. The van der Waals surface area contributed by atoms with Crippen molar-refractivity contribution in [3.63, 3.8) is 0 Å². The molecule has 2 unspecified atom stereocenters. The Bertz CT molecular complexity index is 95.3. The first kappa shape index (κ1) is 8.02. The lowest BCUT2D eigenvalue weighted by Gasteiger charge is -2.08. The molecule has 1 saturated carbocycles. The quantitative estimate of drug-likeness (QED) is 0.643. The van der Waals surface area contributed by atoms with Crippen molar-refractivity contribution in [1.82, 2.24) is 0 Å². The zero-order valence-electron chi connectivity index (χ0n) is 6.68. The highest BCUT2D eigenvalue weighted by atomic mass is 16.5. The van der Waals surface area contributed by atoms with E-state index in [1.165, 1.54) is 19.3 Å². The SMILES string of the molecule is CCOC1CCC(CN)C1. The van der Waals surface area contributed by atoms with Crippen LogP contribution in [0.15, 0.2) is 0 Å². The summed E-state index contributed by atoms with van der Waals surface area (Å²) in [5, 5.41) is 0. The molecule has 1 aliphatic carbocycles.